The molecular formula is C9H12N2O. The number of hydrogen-bond acceptors (Lipinski definition) is 2. The van der Waals surface area contributed by atoms with Crippen LogP contribution in [0.15, 0.2) is 28.9 Å². The normalized spacial score (nSPS) is 15.3. The molecule has 1 rings (SSSR count). The lowest BCUT2D eigenvalue weighted by atomic mass is 10.1. The molecule has 0 spiro atoms. The molecule has 64 valence electrons. The van der Waals surface area contributed by atoms with E-state index >= 15 is 0 Å². The molecule has 0 aromatic carbocycles. The van der Waals surface area contributed by atoms with Crippen LogP contribution in [0.5, 0.6) is 0 Å². The molecule has 0 aromatic heterocycles. The van der Waals surface area contributed by atoms with Crippen LogP contribution in [0.1, 0.15) is 6.42 Å². The van der Waals surface area contributed by atoms with Crippen LogP contribution >= 0.6 is 0 Å². The molecule has 3 nitrogen and oxygen atoms in total. The van der Waals surface area contributed by atoms with Crippen LogP contribution in [0.2, 0.25) is 0 Å². The van der Waals surface area contributed by atoms with Gasteiger partial charge in [-0.05, 0) is 12.5 Å². The number of nitrogens with zero attached hydrogens (tertiary/aromatic N) is 2. The summed E-state index contributed by atoms with van der Waals surface area (Å²) in [6, 6.07) is 0. The van der Waals surface area contributed by atoms with Gasteiger partial charge in [0.1, 0.15) is 0 Å². The highest BCUT2D eigenvalue weighted by atomic mass is 16.2. The maximum absolute atomic E-state index is 11.4. The Morgan fingerprint density at radius 2 is 2.33 bits per heavy atom. The zero-order valence-corrected chi connectivity index (χ0v) is 7.32. The molecule has 0 atom stereocenters. The lowest BCUT2D eigenvalue weighted by Gasteiger charge is -2.10. The van der Waals surface area contributed by atoms with Gasteiger partial charge in [-0.2, -0.15) is 0 Å². The molecular weight excluding hydrogens is 152 g/mol. The Labute approximate surface area is 72.1 Å². The number of amides is 1. The summed E-state index contributed by atoms with van der Waals surface area (Å²) in [5.41, 5.74) is 0.775. The first kappa shape index (κ1) is 8.71. The zero-order chi connectivity index (χ0) is 8.97. The number of aliphatic imine (C=N–C) groups is 1. The lowest BCUT2D eigenvalue weighted by molar-refractivity contribution is -0.124. The van der Waals surface area contributed by atoms with Gasteiger partial charge in [0, 0.05) is 32.1 Å². The standard InChI is InChI=1S/C9H12N2O/c1-11(2)9(12)8-4-3-6-10-7-5-8/h3,5-7H,4H2,1-2H3. The fraction of sp³-hybridized carbons (Fsp3) is 0.333. The summed E-state index contributed by atoms with van der Waals surface area (Å²) in [5.74, 6) is 0.0491. The Balaban J connectivity index is 2.75. The molecule has 12 heavy (non-hydrogen) atoms. The smallest absolute Gasteiger partial charge is 0.249 e. The molecule has 0 fully saturated rings. The van der Waals surface area contributed by atoms with Crippen molar-refractivity contribution in [2.75, 3.05) is 14.1 Å². The van der Waals surface area contributed by atoms with E-state index in [2.05, 4.69) is 4.99 Å². The van der Waals surface area contributed by atoms with E-state index in [9.17, 15) is 4.79 Å². The molecule has 3 heteroatoms. The van der Waals surface area contributed by atoms with E-state index in [1.54, 1.807) is 37.5 Å². The predicted molar refractivity (Wildman–Crippen MR) is 49.0 cm³/mol. The Hall–Kier alpha value is -1.38. The van der Waals surface area contributed by atoms with Crippen LogP contribution < -0.4 is 0 Å². The van der Waals surface area contributed by atoms with Crippen molar-refractivity contribution >= 4 is 12.1 Å². The first-order valence-electron chi connectivity index (χ1n) is 3.81. The maximum atomic E-state index is 11.4. The van der Waals surface area contributed by atoms with Crippen molar-refractivity contribution in [3.8, 4) is 0 Å². The van der Waals surface area contributed by atoms with Crippen molar-refractivity contribution in [1.82, 2.24) is 4.90 Å². The van der Waals surface area contributed by atoms with E-state index in [1.807, 2.05) is 6.08 Å². The highest BCUT2D eigenvalue weighted by Crippen LogP contribution is 2.07. The van der Waals surface area contributed by atoms with Crippen LogP contribution in [0.25, 0.3) is 0 Å². The third-order valence-corrected chi connectivity index (χ3v) is 1.57. The summed E-state index contributed by atoms with van der Waals surface area (Å²) in [6.07, 6.45) is 7.63. The molecule has 1 heterocycles. The Morgan fingerprint density at radius 1 is 1.58 bits per heavy atom. The first-order valence-corrected chi connectivity index (χ1v) is 3.81. The third kappa shape index (κ3) is 2.05. The van der Waals surface area contributed by atoms with E-state index in [4.69, 9.17) is 0 Å². The SMILES string of the molecule is CN(C)C(=O)C1=CC=NC=CC1. The Morgan fingerprint density at radius 3 is 3.00 bits per heavy atom. The van der Waals surface area contributed by atoms with Crippen molar-refractivity contribution in [2.24, 2.45) is 4.99 Å². The maximum Gasteiger partial charge on any atom is 0.249 e. The topological polar surface area (TPSA) is 32.7 Å². The largest absolute Gasteiger partial charge is 0.345 e. The lowest BCUT2D eigenvalue weighted by Crippen LogP contribution is -2.23. The molecule has 1 amide bonds. The predicted octanol–water partition coefficient (Wildman–Crippen LogP) is 0.989. The molecule has 1 aliphatic rings. The summed E-state index contributed by atoms with van der Waals surface area (Å²) >= 11 is 0. The third-order valence-electron chi connectivity index (χ3n) is 1.57. The van der Waals surface area contributed by atoms with Crippen LogP contribution in [0, 0.1) is 0 Å². The molecule has 0 radical (unpaired) electrons. The summed E-state index contributed by atoms with van der Waals surface area (Å²) in [5, 5.41) is 0. The number of carbonyl (C=O) groups is 1. The van der Waals surface area contributed by atoms with Crippen molar-refractivity contribution in [2.45, 2.75) is 6.42 Å². The summed E-state index contributed by atoms with van der Waals surface area (Å²) in [6.45, 7) is 0. The van der Waals surface area contributed by atoms with Gasteiger partial charge >= 0.3 is 0 Å². The van der Waals surface area contributed by atoms with Gasteiger partial charge < -0.3 is 4.90 Å². The van der Waals surface area contributed by atoms with Gasteiger partial charge in [0.15, 0.2) is 0 Å². The number of rotatable bonds is 1. The van der Waals surface area contributed by atoms with Crippen LogP contribution in [-0.4, -0.2) is 31.1 Å². The number of allylic oxidation sites excluding steroid dienone is 2. The summed E-state index contributed by atoms with van der Waals surface area (Å²) in [4.78, 5) is 16.9. The van der Waals surface area contributed by atoms with Gasteiger partial charge in [-0.25, -0.2) is 0 Å². The van der Waals surface area contributed by atoms with Crippen LogP contribution in [-0.2, 0) is 4.79 Å². The average molecular weight is 164 g/mol. The fourth-order valence-electron chi connectivity index (χ4n) is 0.937. The first-order chi connectivity index (χ1) is 5.72. The molecule has 0 N–H and O–H groups in total. The average Bonchev–Trinajstić information content (AvgIpc) is 2.30. The number of likely N-dealkylation sites (N-methyl/N-ethyl adjacent to an activating group) is 1. The van der Waals surface area contributed by atoms with E-state index in [0.717, 1.165) is 5.57 Å². The minimum Gasteiger partial charge on any atom is -0.345 e. The minimum atomic E-state index is 0.0491. The Bertz CT molecular complexity index is 262. The second kappa shape index (κ2) is 3.85. The quantitative estimate of drug-likeness (QED) is 0.568. The van der Waals surface area contributed by atoms with Gasteiger partial charge in [-0.3, -0.25) is 9.79 Å². The minimum absolute atomic E-state index is 0.0491. The molecule has 0 saturated heterocycles. The van der Waals surface area contributed by atoms with E-state index < -0.39 is 0 Å². The van der Waals surface area contributed by atoms with Gasteiger partial charge in [-0.15, -0.1) is 0 Å². The van der Waals surface area contributed by atoms with E-state index in [1.165, 1.54) is 0 Å². The molecule has 0 aliphatic carbocycles. The van der Waals surface area contributed by atoms with Crippen LogP contribution in [0.3, 0.4) is 0 Å². The van der Waals surface area contributed by atoms with Gasteiger partial charge in [0.2, 0.25) is 5.91 Å². The number of hydrogen-bond donors (Lipinski definition) is 0. The van der Waals surface area contributed by atoms with Crippen molar-refractivity contribution in [1.29, 1.82) is 0 Å². The van der Waals surface area contributed by atoms with Gasteiger partial charge in [-0.1, -0.05) is 6.08 Å². The monoisotopic (exact) mass is 164 g/mol. The van der Waals surface area contributed by atoms with E-state index in [0.29, 0.717) is 6.42 Å². The molecule has 0 aromatic rings. The van der Waals surface area contributed by atoms with Crippen molar-refractivity contribution in [3.63, 3.8) is 0 Å². The second-order valence-corrected chi connectivity index (χ2v) is 2.78. The zero-order valence-electron chi connectivity index (χ0n) is 7.32. The van der Waals surface area contributed by atoms with Gasteiger partial charge in [0.25, 0.3) is 0 Å². The van der Waals surface area contributed by atoms with Crippen molar-refractivity contribution in [3.05, 3.63) is 23.9 Å². The summed E-state index contributed by atoms with van der Waals surface area (Å²) in [7, 11) is 3.49. The van der Waals surface area contributed by atoms with Crippen LogP contribution in [0.4, 0.5) is 0 Å². The highest BCUT2D eigenvalue weighted by molar-refractivity contribution is 5.97. The molecule has 0 unspecified atom stereocenters. The van der Waals surface area contributed by atoms with Crippen molar-refractivity contribution < 1.29 is 4.79 Å². The summed E-state index contributed by atoms with van der Waals surface area (Å²) < 4.78 is 0. The molecule has 1 aliphatic heterocycles. The molecule has 0 saturated carbocycles. The van der Waals surface area contributed by atoms with E-state index in [-0.39, 0.29) is 5.91 Å². The second-order valence-electron chi connectivity index (χ2n) is 2.78. The van der Waals surface area contributed by atoms with Gasteiger partial charge in [0.05, 0.1) is 0 Å². The highest BCUT2D eigenvalue weighted by Gasteiger charge is 2.09. The Kier molecular flexibility index (Phi) is 2.80. The number of carbonyl (C=O) groups excluding carboxylic acids is 1. The fourth-order valence-corrected chi connectivity index (χ4v) is 0.937. The molecule has 0 bridgehead atoms.